The molecule has 2 aromatic rings. The quantitative estimate of drug-likeness (QED) is 0.888. The molecule has 1 fully saturated rings. The Labute approximate surface area is 148 Å². The van der Waals surface area contributed by atoms with Crippen LogP contribution < -0.4 is 10.6 Å². The molecule has 5 nitrogen and oxygen atoms in total. The summed E-state index contributed by atoms with van der Waals surface area (Å²) < 4.78 is 1.94. The summed E-state index contributed by atoms with van der Waals surface area (Å²) in [7, 11) is 0. The number of aromatic nitrogens is 1. The van der Waals surface area contributed by atoms with Gasteiger partial charge in [0.15, 0.2) is 0 Å². The number of anilines is 1. The minimum atomic E-state index is -0.0951. The minimum absolute atomic E-state index is 0.0630. The number of amides is 2. The molecule has 134 valence electrons. The van der Waals surface area contributed by atoms with Gasteiger partial charge in [-0.25, -0.2) is 0 Å². The van der Waals surface area contributed by atoms with Crippen molar-refractivity contribution in [2.75, 3.05) is 5.32 Å². The van der Waals surface area contributed by atoms with Crippen LogP contribution in [0.2, 0.25) is 0 Å². The summed E-state index contributed by atoms with van der Waals surface area (Å²) in [6, 6.07) is 8.01. The van der Waals surface area contributed by atoms with E-state index in [1.54, 1.807) is 0 Å². The van der Waals surface area contributed by atoms with Crippen molar-refractivity contribution in [1.29, 1.82) is 0 Å². The van der Waals surface area contributed by atoms with Gasteiger partial charge in [0.25, 0.3) is 0 Å². The fourth-order valence-electron chi connectivity index (χ4n) is 3.69. The van der Waals surface area contributed by atoms with Gasteiger partial charge in [-0.3, -0.25) is 9.59 Å². The second kappa shape index (κ2) is 8.19. The van der Waals surface area contributed by atoms with E-state index in [2.05, 4.69) is 10.6 Å². The number of nitrogens with one attached hydrogen (secondary N) is 2. The highest BCUT2D eigenvalue weighted by atomic mass is 16.2. The molecule has 0 saturated heterocycles. The SMILES string of the molecule is CC(=O)Nc1cccc2c1ccn2CC(=O)NC1CCCCCCC1. The van der Waals surface area contributed by atoms with Crippen LogP contribution in [-0.2, 0) is 16.1 Å². The minimum Gasteiger partial charge on any atom is -0.352 e. The normalized spacial score (nSPS) is 16.2. The molecule has 1 aromatic heterocycles. The molecular weight excluding hydrogens is 314 g/mol. The molecule has 0 spiro atoms. The van der Waals surface area contributed by atoms with E-state index in [0.717, 1.165) is 29.4 Å². The average molecular weight is 341 g/mol. The fourth-order valence-corrected chi connectivity index (χ4v) is 3.69. The van der Waals surface area contributed by atoms with Crippen molar-refractivity contribution in [1.82, 2.24) is 9.88 Å². The first-order valence-corrected chi connectivity index (χ1v) is 9.28. The predicted molar refractivity (Wildman–Crippen MR) is 100 cm³/mol. The fraction of sp³-hybridized carbons (Fsp3) is 0.500. The van der Waals surface area contributed by atoms with Gasteiger partial charge in [0.2, 0.25) is 11.8 Å². The van der Waals surface area contributed by atoms with Crippen LogP contribution in [0, 0.1) is 0 Å². The van der Waals surface area contributed by atoms with E-state index < -0.39 is 0 Å². The van der Waals surface area contributed by atoms with Crippen LogP contribution in [0.5, 0.6) is 0 Å². The third-order valence-electron chi connectivity index (χ3n) is 4.91. The summed E-state index contributed by atoms with van der Waals surface area (Å²) in [5, 5.41) is 7.00. The molecule has 1 aliphatic carbocycles. The van der Waals surface area contributed by atoms with Gasteiger partial charge in [-0.2, -0.15) is 0 Å². The van der Waals surface area contributed by atoms with Gasteiger partial charge in [-0.05, 0) is 31.0 Å². The molecule has 1 aliphatic rings. The molecule has 2 N–H and O–H groups in total. The maximum atomic E-state index is 12.5. The van der Waals surface area contributed by atoms with E-state index in [0.29, 0.717) is 12.6 Å². The van der Waals surface area contributed by atoms with Gasteiger partial charge in [-0.1, -0.05) is 38.2 Å². The molecule has 1 saturated carbocycles. The van der Waals surface area contributed by atoms with Gasteiger partial charge >= 0.3 is 0 Å². The number of carbonyl (C=O) groups excluding carboxylic acids is 2. The number of nitrogens with zero attached hydrogens (tertiary/aromatic N) is 1. The molecule has 0 atom stereocenters. The lowest BCUT2D eigenvalue weighted by Crippen LogP contribution is -2.37. The highest BCUT2D eigenvalue weighted by Crippen LogP contribution is 2.24. The summed E-state index contributed by atoms with van der Waals surface area (Å²) in [4.78, 5) is 23.8. The molecule has 0 unspecified atom stereocenters. The molecule has 0 bridgehead atoms. The van der Waals surface area contributed by atoms with Crippen molar-refractivity contribution in [3.05, 3.63) is 30.5 Å². The topological polar surface area (TPSA) is 63.1 Å². The number of fused-ring (bicyclic) bond motifs is 1. The summed E-state index contributed by atoms with van der Waals surface area (Å²) in [5.74, 6) is -0.0321. The van der Waals surface area contributed by atoms with E-state index in [1.807, 2.05) is 35.0 Å². The van der Waals surface area contributed by atoms with Gasteiger partial charge in [-0.15, -0.1) is 0 Å². The standard InChI is InChI=1S/C20H27N3O2/c1-15(24)21-18-10-7-11-19-17(18)12-13-23(19)14-20(25)22-16-8-5-3-2-4-6-9-16/h7,10-13,16H,2-6,8-9,14H2,1H3,(H,21,24)(H,22,25). The lowest BCUT2D eigenvalue weighted by atomic mass is 9.97. The van der Waals surface area contributed by atoms with Gasteiger partial charge in [0.05, 0.1) is 11.2 Å². The number of hydrogen-bond acceptors (Lipinski definition) is 2. The van der Waals surface area contributed by atoms with E-state index >= 15 is 0 Å². The zero-order chi connectivity index (χ0) is 17.6. The van der Waals surface area contributed by atoms with Crippen LogP contribution >= 0.6 is 0 Å². The smallest absolute Gasteiger partial charge is 0.240 e. The Kier molecular flexibility index (Phi) is 5.74. The van der Waals surface area contributed by atoms with Gasteiger partial charge in [0, 0.05) is 24.5 Å². The van der Waals surface area contributed by atoms with E-state index in [4.69, 9.17) is 0 Å². The zero-order valence-corrected chi connectivity index (χ0v) is 14.9. The third-order valence-corrected chi connectivity index (χ3v) is 4.91. The summed E-state index contributed by atoms with van der Waals surface area (Å²) >= 11 is 0. The first-order valence-electron chi connectivity index (χ1n) is 9.28. The van der Waals surface area contributed by atoms with Crippen molar-refractivity contribution in [3.8, 4) is 0 Å². The number of hydrogen-bond donors (Lipinski definition) is 2. The second-order valence-corrected chi connectivity index (χ2v) is 6.97. The molecule has 25 heavy (non-hydrogen) atoms. The highest BCUT2D eigenvalue weighted by Gasteiger charge is 2.15. The van der Waals surface area contributed by atoms with Gasteiger partial charge < -0.3 is 15.2 Å². The number of carbonyl (C=O) groups is 2. The number of rotatable bonds is 4. The van der Waals surface area contributed by atoms with E-state index in [-0.39, 0.29) is 11.8 Å². The zero-order valence-electron chi connectivity index (χ0n) is 14.9. The largest absolute Gasteiger partial charge is 0.352 e. The van der Waals surface area contributed by atoms with Crippen LogP contribution in [0.4, 0.5) is 5.69 Å². The van der Waals surface area contributed by atoms with Crippen molar-refractivity contribution in [3.63, 3.8) is 0 Å². The van der Waals surface area contributed by atoms with Crippen molar-refractivity contribution in [2.45, 2.75) is 64.5 Å². The second-order valence-electron chi connectivity index (χ2n) is 6.97. The van der Waals surface area contributed by atoms with Crippen molar-refractivity contribution < 1.29 is 9.59 Å². The van der Waals surface area contributed by atoms with Crippen LogP contribution in [0.15, 0.2) is 30.5 Å². The third kappa shape index (κ3) is 4.62. The maximum absolute atomic E-state index is 12.5. The predicted octanol–water partition coefficient (Wildman–Crippen LogP) is 3.83. The van der Waals surface area contributed by atoms with Crippen molar-refractivity contribution >= 4 is 28.4 Å². The molecule has 1 heterocycles. The van der Waals surface area contributed by atoms with Gasteiger partial charge in [0.1, 0.15) is 6.54 Å². The lowest BCUT2D eigenvalue weighted by Gasteiger charge is -2.21. The maximum Gasteiger partial charge on any atom is 0.240 e. The van der Waals surface area contributed by atoms with Crippen LogP contribution in [0.3, 0.4) is 0 Å². The van der Waals surface area contributed by atoms with Crippen LogP contribution in [0.25, 0.3) is 10.9 Å². The summed E-state index contributed by atoms with van der Waals surface area (Å²) in [6.45, 7) is 1.81. The van der Waals surface area contributed by atoms with E-state index in [1.165, 1.54) is 39.0 Å². The Hall–Kier alpha value is -2.30. The first-order chi connectivity index (χ1) is 12.1. The molecule has 5 heteroatoms. The summed E-state index contributed by atoms with van der Waals surface area (Å²) in [5.41, 5.74) is 1.74. The van der Waals surface area contributed by atoms with Crippen molar-refractivity contribution in [2.24, 2.45) is 0 Å². The molecular formula is C20H27N3O2. The molecule has 2 amide bonds. The molecule has 0 radical (unpaired) electrons. The monoisotopic (exact) mass is 341 g/mol. The summed E-state index contributed by atoms with van der Waals surface area (Å²) in [6.07, 6.45) is 10.4. The Bertz CT molecular complexity index is 742. The first kappa shape index (κ1) is 17.5. The lowest BCUT2D eigenvalue weighted by molar-refractivity contribution is -0.122. The Balaban J connectivity index is 1.67. The Morgan fingerprint density at radius 2 is 1.80 bits per heavy atom. The van der Waals surface area contributed by atoms with E-state index in [9.17, 15) is 9.59 Å². The number of benzene rings is 1. The molecule has 0 aliphatic heterocycles. The Morgan fingerprint density at radius 1 is 1.08 bits per heavy atom. The average Bonchev–Trinajstić information content (AvgIpc) is 2.93. The molecule has 3 rings (SSSR count). The Morgan fingerprint density at radius 3 is 2.52 bits per heavy atom. The molecule has 1 aromatic carbocycles. The van der Waals surface area contributed by atoms with Crippen LogP contribution in [0.1, 0.15) is 51.9 Å². The van der Waals surface area contributed by atoms with Crippen LogP contribution in [-0.4, -0.2) is 22.4 Å². The highest BCUT2D eigenvalue weighted by molar-refractivity contribution is 6.01.